The smallest absolute Gasteiger partial charge is 0.342 e. The average molecular weight is 715 g/mol. The fraction of sp³-hybridized carbons (Fsp3) is 0.400. The Kier molecular flexibility index (Phi) is 12.4. The van der Waals surface area contributed by atoms with Crippen LogP contribution in [0, 0.1) is 0 Å². The number of carbonyl (C=O) groups excluding carboxylic acids is 4. The molecular weight excluding hydrogens is 668 g/mol. The number of hydrogen-bond acceptors (Lipinski definition) is 10. The van der Waals surface area contributed by atoms with E-state index in [2.05, 4.69) is 10.6 Å². The Morgan fingerprint density at radius 3 is 2.38 bits per heavy atom. The number of aromatic hydroxyl groups is 2. The van der Waals surface area contributed by atoms with Crippen LogP contribution in [-0.4, -0.2) is 67.3 Å². The molecule has 3 aromatic carbocycles. The number of allylic oxidation sites excluding steroid dienone is 1. The Balaban J connectivity index is 1.58. The molecule has 2 aliphatic heterocycles. The van der Waals surface area contributed by atoms with Gasteiger partial charge >= 0.3 is 5.97 Å². The van der Waals surface area contributed by atoms with E-state index in [1.54, 1.807) is 31.2 Å². The summed E-state index contributed by atoms with van der Waals surface area (Å²) in [6.45, 7) is 1.72. The van der Waals surface area contributed by atoms with Crippen LogP contribution in [0.4, 0.5) is 5.69 Å². The summed E-state index contributed by atoms with van der Waals surface area (Å²) in [5, 5.41) is 29.3. The van der Waals surface area contributed by atoms with E-state index in [0.717, 1.165) is 5.56 Å². The molecule has 0 radical (unpaired) electrons. The second-order valence-electron chi connectivity index (χ2n) is 13.1. The Morgan fingerprint density at radius 2 is 1.67 bits per heavy atom. The van der Waals surface area contributed by atoms with Gasteiger partial charge in [-0.15, -0.1) is 0 Å². The highest BCUT2D eigenvalue weighted by Gasteiger charge is 2.33. The third-order valence-electron chi connectivity index (χ3n) is 9.51. The first-order valence-electron chi connectivity index (χ1n) is 17.5. The molecule has 2 heterocycles. The van der Waals surface area contributed by atoms with E-state index < -0.39 is 35.7 Å². The number of carbonyl (C=O) groups is 4. The number of amides is 2. The van der Waals surface area contributed by atoms with Crippen molar-refractivity contribution in [3.63, 3.8) is 0 Å². The van der Waals surface area contributed by atoms with Crippen molar-refractivity contribution in [1.29, 1.82) is 0 Å². The molecule has 4 N–H and O–H groups in total. The highest BCUT2D eigenvalue weighted by atomic mass is 16.5. The van der Waals surface area contributed by atoms with Crippen molar-refractivity contribution in [2.75, 3.05) is 26.6 Å². The van der Waals surface area contributed by atoms with E-state index in [-0.39, 0.29) is 57.8 Å². The molecule has 0 bridgehead atoms. The highest BCUT2D eigenvalue weighted by molar-refractivity contribution is 5.99. The van der Waals surface area contributed by atoms with Gasteiger partial charge < -0.3 is 39.8 Å². The zero-order valence-electron chi connectivity index (χ0n) is 30.0. The number of hydrogen-bond donors (Lipinski definition) is 4. The van der Waals surface area contributed by atoms with Crippen molar-refractivity contribution in [3.8, 4) is 28.7 Å². The van der Waals surface area contributed by atoms with Crippen LogP contribution < -0.4 is 24.8 Å². The van der Waals surface area contributed by atoms with Crippen molar-refractivity contribution in [3.05, 3.63) is 76.4 Å². The second-order valence-corrected chi connectivity index (χ2v) is 13.1. The summed E-state index contributed by atoms with van der Waals surface area (Å²) in [5.41, 5.74) is 1.94. The van der Waals surface area contributed by atoms with Crippen LogP contribution in [-0.2, 0) is 25.5 Å². The number of nitrogens with one attached hydrogen (secondary N) is 2. The van der Waals surface area contributed by atoms with E-state index >= 15 is 0 Å². The van der Waals surface area contributed by atoms with Crippen LogP contribution in [0.15, 0.2) is 48.5 Å². The molecule has 12 heteroatoms. The standard InChI is InChI=1S/C40H46N2O10/c1-23-11-10-15-27(43)14-7-5-6-13-25-19-31(44)36(37(46)35(25)40(48)52-23)28(26-20-32(49-2)38(51-4)33(21-26)50-3)22-34(45)41-30-18-17-24-12-8-9-16-29(24)42-39(30)47/h6,8-9,12-13,16,19-21,23,28,30,44,46H,5,7,10-11,14-15,17-18,22H2,1-4H3,(H,41,45)(H,42,47). The zero-order chi connectivity index (χ0) is 37.4. The van der Waals surface area contributed by atoms with Gasteiger partial charge in [0.1, 0.15) is 28.9 Å². The Labute approximate surface area is 303 Å². The molecule has 3 aromatic rings. The number of methoxy groups -OCH3 is 3. The minimum absolute atomic E-state index is 0.106. The number of phenolic OH excluding ortho intramolecular Hbond substituents is 2. The number of ether oxygens (including phenoxy) is 4. The van der Waals surface area contributed by atoms with Crippen molar-refractivity contribution < 1.29 is 48.3 Å². The summed E-state index contributed by atoms with van der Waals surface area (Å²) in [7, 11) is 4.32. The summed E-state index contributed by atoms with van der Waals surface area (Å²) in [6, 6.07) is 11.1. The third-order valence-corrected chi connectivity index (χ3v) is 9.51. The lowest BCUT2D eigenvalue weighted by Gasteiger charge is -2.25. The van der Waals surface area contributed by atoms with Crippen molar-refractivity contribution in [2.45, 2.75) is 82.8 Å². The first kappa shape index (κ1) is 37.7. The number of Topliss-reactive ketones (excluding diaryl/α,β-unsaturated/α-hetero) is 1. The molecule has 3 atom stereocenters. The van der Waals surface area contributed by atoms with Crippen molar-refractivity contribution in [1.82, 2.24) is 5.32 Å². The Morgan fingerprint density at radius 1 is 0.962 bits per heavy atom. The van der Waals surface area contributed by atoms with E-state index in [1.807, 2.05) is 24.3 Å². The molecule has 3 unspecified atom stereocenters. The maximum atomic E-state index is 13.9. The number of benzene rings is 3. The molecular formula is C40H46N2O10. The van der Waals surface area contributed by atoms with E-state index in [0.29, 0.717) is 62.6 Å². The third kappa shape index (κ3) is 8.67. The fourth-order valence-corrected chi connectivity index (χ4v) is 6.80. The van der Waals surface area contributed by atoms with Gasteiger partial charge in [-0.2, -0.15) is 0 Å². The lowest BCUT2D eigenvalue weighted by atomic mass is 9.84. The SMILES string of the molecule is COc1cc(C(CC(=O)NC2CCc3ccccc3NC2=O)c2c(O)cc3c(c2O)C(=O)OC(C)CCCC(=O)CCCC=C3)cc(OC)c1OC. The van der Waals surface area contributed by atoms with Gasteiger partial charge in [0.15, 0.2) is 11.5 Å². The molecule has 12 nitrogen and oxygen atoms in total. The minimum atomic E-state index is -1.08. The molecule has 0 saturated heterocycles. The summed E-state index contributed by atoms with van der Waals surface area (Å²) >= 11 is 0. The molecule has 0 fully saturated rings. The summed E-state index contributed by atoms with van der Waals surface area (Å²) in [4.78, 5) is 53.1. The Hall–Kier alpha value is -5.52. The maximum absolute atomic E-state index is 13.9. The van der Waals surface area contributed by atoms with Crippen molar-refractivity contribution in [2.24, 2.45) is 0 Å². The number of cyclic esters (lactones) is 1. The number of rotatable bonds is 8. The quantitative estimate of drug-likeness (QED) is 0.197. The number of esters is 1. The molecule has 5 rings (SSSR count). The first-order valence-corrected chi connectivity index (χ1v) is 17.5. The van der Waals surface area contributed by atoms with Gasteiger partial charge in [-0.25, -0.2) is 4.79 Å². The van der Waals surface area contributed by atoms with Gasteiger partial charge in [-0.05, 0) is 86.4 Å². The van der Waals surface area contributed by atoms with Gasteiger partial charge in [0.05, 0.1) is 27.4 Å². The van der Waals surface area contributed by atoms with Crippen LogP contribution in [0.25, 0.3) is 6.08 Å². The van der Waals surface area contributed by atoms with Gasteiger partial charge in [0, 0.05) is 36.4 Å². The summed E-state index contributed by atoms with van der Waals surface area (Å²) < 4.78 is 22.4. The van der Waals surface area contributed by atoms with E-state index in [9.17, 15) is 29.4 Å². The minimum Gasteiger partial charge on any atom is -0.507 e. The predicted octanol–water partition coefficient (Wildman–Crippen LogP) is 6.20. The maximum Gasteiger partial charge on any atom is 0.342 e. The lowest BCUT2D eigenvalue weighted by Crippen LogP contribution is -2.43. The predicted molar refractivity (Wildman–Crippen MR) is 194 cm³/mol. The monoisotopic (exact) mass is 714 g/mol. The van der Waals surface area contributed by atoms with Crippen LogP contribution in [0.5, 0.6) is 28.7 Å². The number of aryl methyl sites for hydroxylation is 1. The van der Waals surface area contributed by atoms with E-state index in [1.165, 1.54) is 27.4 Å². The average Bonchev–Trinajstić information content (AvgIpc) is 3.27. The number of ketones is 1. The number of anilines is 1. The Bertz CT molecular complexity index is 1830. The molecule has 52 heavy (non-hydrogen) atoms. The highest BCUT2D eigenvalue weighted by Crippen LogP contribution is 2.48. The van der Waals surface area contributed by atoms with Crippen LogP contribution in [0.3, 0.4) is 0 Å². The van der Waals surface area contributed by atoms with Gasteiger partial charge in [0.2, 0.25) is 17.6 Å². The summed E-state index contributed by atoms with van der Waals surface area (Å²) in [5.74, 6) is -2.81. The van der Waals surface area contributed by atoms with Gasteiger partial charge in [0.25, 0.3) is 0 Å². The molecule has 2 amide bonds. The largest absolute Gasteiger partial charge is 0.507 e. The number of phenols is 2. The molecule has 276 valence electrons. The van der Waals surface area contributed by atoms with Crippen molar-refractivity contribution >= 4 is 35.3 Å². The lowest BCUT2D eigenvalue weighted by molar-refractivity contribution is -0.126. The topological polar surface area (TPSA) is 170 Å². The van der Waals surface area contributed by atoms with Crippen LogP contribution >= 0.6 is 0 Å². The van der Waals surface area contributed by atoms with E-state index in [4.69, 9.17) is 18.9 Å². The zero-order valence-corrected chi connectivity index (χ0v) is 30.0. The fourth-order valence-electron chi connectivity index (χ4n) is 6.80. The van der Waals surface area contributed by atoms with Gasteiger partial charge in [-0.3, -0.25) is 14.4 Å². The normalized spacial score (nSPS) is 18.7. The van der Waals surface area contributed by atoms with Crippen LogP contribution in [0.1, 0.15) is 96.8 Å². The molecule has 0 spiro atoms. The molecule has 0 aromatic heterocycles. The first-order chi connectivity index (χ1) is 25.0. The summed E-state index contributed by atoms with van der Waals surface area (Å²) in [6.07, 6.45) is 6.31. The van der Waals surface area contributed by atoms with Gasteiger partial charge in [-0.1, -0.05) is 30.4 Å². The molecule has 2 aliphatic rings. The number of fused-ring (bicyclic) bond motifs is 2. The van der Waals surface area contributed by atoms with Crippen LogP contribution in [0.2, 0.25) is 0 Å². The molecule has 0 aliphatic carbocycles. The second kappa shape index (κ2) is 17.1. The number of para-hydroxylation sites is 1. The molecule has 0 saturated carbocycles.